The summed E-state index contributed by atoms with van der Waals surface area (Å²) in [4.78, 5) is 25.5. The van der Waals surface area contributed by atoms with Crippen LogP contribution >= 0.6 is 0 Å². The van der Waals surface area contributed by atoms with Crippen molar-refractivity contribution >= 4 is 11.9 Å². The summed E-state index contributed by atoms with van der Waals surface area (Å²) in [5.74, 6) is 1.71. The first kappa shape index (κ1) is 17.8. The number of rotatable bonds is 4. The third kappa shape index (κ3) is 3.97. The van der Waals surface area contributed by atoms with Gasteiger partial charge < -0.3 is 15.5 Å². The van der Waals surface area contributed by atoms with E-state index in [4.69, 9.17) is 0 Å². The topological polar surface area (TPSA) is 61.4 Å². The highest BCUT2D eigenvalue weighted by molar-refractivity contribution is 5.78. The lowest BCUT2D eigenvalue weighted by Crippen LogP contribution is -2.51. The van der Waals surface area contributed by atoms with Gasteiger partial charge in [-0.25, -0.2) is 4.79 Å². The number of hydrogen-bond donors (Lipinski definition) is 2. The first-order valence-electron chi connectivity index (χ1n) is 9.33. The molecule has 1 aromatic rings. The van der Waals surface area contributed by atoms with Crippen molar-refractivity contribution < 1.29 is 9.59 Å². The van der Waals surface area contributed by atoms with Gasteiger partial charge in [0.15, 0.2) is 0 Å². The van der Waals surface area contributed by atoms with Crippen LogP contribution in [0.3, 0.4) is 0 Å². The number of nitrogens with one attached hydrogen (secondary N) is 2. The summed E-state index contributed by atoms with van der Waals surface area (Å²) in [7, 11) is 1.79. The normalized spacial score (nSPS) is 25.8. The number of likely N-dealkylation sites (N-methyl/N-ethyl adjacent to an activating group) is 1. The Morgan fingerprint density at radius 1 is 1.28 bits per heavy atom. The molecular formula is C20H29N3O2. The van der Waals surface area contributed by atoms with Gasteiger partial charge in [-0.2, -0.15) is 0 Å². The van der Waals surface area contributed by atoms with E-state index in [1.54, 1.807) is 11.9 Å². The number of piperidine rings is 1. The van der Waals surface area contributed by atoms with Crippen LogP contribution in [0.4, 0.5) is 4.79 Å². The van der Waals surface area contributed by atoms with Crippen LogP contribution in [-0.2, 0) is 4.79 Å². The van der Waals surface area contributed by atoms with Crippen LogP contribution in [0.1, 0.15) is 56.1 Å². The van der Waals surface area contributed by atoms with Crippen molar-refractivity contribution in [2.75, 3.05) is 20.1 Å². The maximum Gasteiger partial charge on any atom is 0.315 e. The first-order chi connectivity index (χ1) is 12.0. The Kier molecular flexibility index (Phi) is 5.30. The van der Waals surface area contributed by atoms with E-state index in [2.05, 4.69) is 48.7 Å². The lowest BCUT2D eigenvalue weighted by Gasteiger charge is -2.30. The molecule has 0 radical (unpaired) electrons. The number of nitrogens with zero attached hydrogens (tertiary/aromatic N) is 1. The summed E-state index contributed by atoms with van der Waals surface area (Å²) in [6, 6.07) is 8.54. The molecular weight excluding hydrogens is 314 g/mol. The molecule has 1 aliphatic heterocycles. The lowest BCUT2D eigenvalue weighted by atomic mass is 9.90. The second kappa shape index (κ2) is 7.46. The van der Waals surface area contributed by atoms with Gasteiger partial charge in [-0.1, -0.05) is 38.1 Å². The van der Waals surface area contributed by atoms with Crippen LogP contribution in [-0.4, -0.2) is 43.0 Å². The molecule has 1 fully saturated rings. The van der Waals surface area contributed by atoms with E-state index >= 15 is 0 Å². The van der Waals surface area contributed by atoms with Gasteiger partial charge in [0.05, 0.1) is 0 Å². The standard InChI is InChI=1S/C20H29N3O2/c1-13(2)18-10-14(16-6-4-5-7-17(16)18)11-21-20(25)22-15-8-9-19(24)23(3)12-15/h4-7,13-15,18H,8-12H2,1-3H3,(H2,21,22,25)/t14-,15?,18-/m0/s1. The average molecular weight is 343 g/mol. The van der Waals surface area contributed by atoms with Crippen LogP contribution in [0, 0.1) is 5.92 Å². The highest BCUT2D eigenvalue weighted by Crippen LogP contribution is 2.44. The molecule has 1 aliphatic carbocycles. The smallest absolute Gasteiger partial charge is 0.315 e. The predicted octanol–water partition coefficient (Wildman–Crippen LogP) is 2.83. The number of carbonyl (C=O) groups excluding carboxylic acids is 2. The monoisotopic (exact) mass is 343 g/mol. The summed E-state index contributed by atoms with van der Waals surface area (Å²) in [5, 5.41) is 6.05. The highest BCUT2D eigenvalue weighted by atomic mass is 16.2. The average Bonchev–Trinajstić information content (AvgIpc) is 2.95. The molecule has 1 aromatic carbocycles. The molecule has 1 unspecified atom stereocenters. The molecule has 3 rings (SSSR count). The lowest BCUT2D eigenvalue weighted by molar-refractivity contribution is -0.132. The number of benzene rings is 1. The van der Waals surface area contributed by atoms with Gasteiger partial charge >= 0.3 is 6.03 Å². The van der Waals surface area contributed by atoms with Gasteiger partial charge in [-0.05, 0) is 35.8 Å². The fourth-order valence-electron chi connectivity index (χ4n) is 4.19. The number of fused-ring (bicyclic) bond motifs is 1. The molecule has 2 aliphatic rings. The summed E-state index contributed by atoms with van der Waals surface area (Å²) in [5.41, 5.74) is 2.82. The Bertz CT molecular complexity index is 644. The number of urea groups is 1. The molecule has 0 aromatic heterocycles. The number of amides is 3. The quantitative estimate of drug-likeness (QED) is 0.883. The van der Waals surface area contributed by atoms with Crippen molar-refractivity contribution in [1.82, 2.24) is 15.5 Å². The zero-order valence-corrected chi connectivity index (χ0v) is 15.4. The molecule has 0 saturated carbocycles. The second-order valence-electron chi connectivity index (χ2n) is 7.78. The molecule has 0 spiro atoms. The Morgan fingerprint density at radius 3 is 2.68 bits per heavy atom. The van der Waals surface area contributed by atoms with Gasteiger partial charge in [-0.3, -0.25) is 4.79 Å². The molecule has 2 N–H and O–H groups in total. The predicted molar refractivity (Wildman–Crippen MR) is 98.6 cm³/mol. The molecule has 3 atom stereocenters. The van der Waals surface area contributed by atoms with Crippen molar-refractivity contribution in [3.05, 3.63) is 35.4 Å². The third-order valence-corrected chi connectivity index (χ3v) is 5.65. The second-order valence-corrected chi connectivity index (χ2v) is 7.78. The van der Waals surface area contributed by atoms with Crippen molar-refractivity contribution in [3.63, 3.8) is 0 Å². The van der Waals surface area contributed by atoms with E-state index in [9.17, 15) is 9.59 Å². The first-order valence-corrected chi connectivity index (χ1v) is 9.33. The van der Waals surface area contributed by atoms with Crippen LogP contribution < -0.4 is 10.6 Å². The van der Waals surface area contributed by atoms with E-state index in [1.807, 2.05) is 0 Å². The summed E-state index contributed by atoms with van der Waals surface area (Å²) >= 11 is 0. The summed E-state index contributed by atoms with van der Waals surface area (Å²) in [6.45, 7) is 5.79. The van der Waals surface area contributed by atoms with Crippen molar-refractivity contribution in [2.45, 2.75) is 51.0 Å². The van der Waals surface area contributed by atoms with Crippen molar-refractivity contribution in [1.29, 1.82) is 0 Å². The van der Waals surface area contributed by atoms with E-state index in [-0.39, 0.29) is 18.0 Å². The van der Waals surface area contributed by atoms with Gasteiger partial charge in [0, 0.05) is 38.5 Å². The SMILES string of the molecule is CC(C)[C@@H]1C[C@@H](CNC(=O)NC2CCC(=O)N(C)C2)c2ccccc21. The van der Waals surface area contributed by atoms with Gasteiger partial charge in [0.25, 0.3) is 0 Å². The molecule has 5 nitrogen and oxygen atoms in total. The number of hydrogen-bond acceptors (Lipinski definition) is 2. The highest BCUT2D eigenvalue weighted by Gasteiger charge is 2.32. The Balaban J connectivity index is 1.53. The third-order valence-electron chi connectivity index (χ3n) is 5.65. The van der Waals surface area contributed by atoms with Gasteiger partial charge in [0.2, 0.25) is 5.91 Å². The van der Waals surface area contributed by atoms with Crippen LogP contribution in [0.2, 0.25) is 0 Å². The minimum atomic E-state index is -0.127. The van der Waals surface area contributed by atoms with Crippen LogP contribution in [0.15, 0.2) is 24.3 Å². The maximum atomic E-state index is 12.3. The van der Waals surface area contributed by atoms with E-state index in [0.717, 1.165) is 12.8 Å². The fraction of sp³-hybridized carbons (Fsp3) is 0.600. The minimum absolute atomic E-state index is 0.0435. The van der Waals surface area contributed by atoms with Gasteiger partial charge in [0.1, 0.15) is 0 Å². The molecule has 1 heterocycles. The molecule has 136 valence electrons. The molecule has 25 heavy (non-hydrogen) atoms. The largest absolute Gasteiger partial charge is 0.344 e. The molecule has 1 saturated heterocycles. The van der Waals surface area contributed by atoms with Crippen LogP contribution in [0.25, 0.3) is 0 Å². The molecule has 3 amide bonds. The van der Waals surface area contributed by atoms with E-state index in [1.165, 1.54) is 11.1 Å². The summed E-state index contributed by atoms with van der Waals surface area (Å²) < 4.78 is 0. The Morgan fingerprint density at radius 2 is 2.00 bits per heavy atom. The molecule has 0 bridgehead atoms. The Labute approximate surface area is 150 Å². The summed E-state index contributed by atoms with van der Waals surface area (Å²) in [6.07, 6.45) is 2.32. The number of likely N-dealkylation sites (tertiary alicyclic amines) is 1. The van der Waals surface area contributed by atoms with Crippen molar-refractivity contribution in [3.8, 4) is 0 Å². The number of carbonyl (C=O) groups is 2. The Hall–Kier alpha value is -2.04. The van der Waals surface area contributed by atoms with Gasteiger partial charge in [-0.15, -0.1) is 0 Å². The zero-order valence-electron chi connectivity index (χ0n) is 15.4. The fourth-order valence-corrected chi connectivity index (χ4v) is 4.19. The minimum Gasteiger partial charge on any atom is -0.344 e. The van der Waals surface area contributed by atoms with E-state index in [0.29, 0.717) is 37.3 Å². The zero-order chi connectivity index (χ0) is 18.0. The maximum absolute atomic E-state index is 12.3. The van der Waals surface area contributed by atoms with E-state index < -0.39 is 0 Å². The van der Waals surface area contributed by atoms with Crippen molar-refractivity contribution in [2.24, 2.45) is 5.92 Å². The van der Waals surface area contributed by atoms with Crippen LogP contribution in [0.5, 0.6) is 0 Å². The molecule has 5 heteroatoms.